The Balaban J connectivity index is 1.20. The van der Waals surface area contributed by atoms with Crippen molar-refractivity contribution < 1.29 is 14.3 Å². The number of hydrogen-bond donors (Lipinski definition) is 0. The van der Waals surface area contributed by atoms with Crippen molar-refractivity contribution in [3.63, 3.8) is 0 Å². The molecule has 1 heterocycles. The van der Waals surface area contributed by atoms with Crippen LogP contribution in [0, 0.1) is 11.8 Å². The van der Waals surface area contributed by atoms with Gasteiger partial charge in [0.15, 0.2) is 0 Å². The van der Waals surface area contributed by atoms with Gasteiger partial charge in [-0.15, -0.1) is 0 Å². The van der Waals surface area contributed by atoms with E-state index in [0.29, 0.717) is 11.4 Å². The van der Waals surface area contributed by atoms with Crippen molar-refractivity contribution in [1.29, 1.82) is 0 Å². The van der Waals surface area contributed by atoms with Crippen LogP contribution in [-0.2, 0) is 18.2 Å². The van der Waals surface area contributed by atoms with Crippen LogP contribution in [0.5, 0.6) is 11.5 Å². The zero-order valence-electron chi connectivity index (χ0n) is 21.1. The Morgan fingerprint density at radius 1 is 0.575 bits per heavy atom. The van der Waals surface area contributed by atoms with Gasteiger partial charge in [-0.3, -0.25) is 9.59 Å². The van der Waals surface area contributed by atoms with Gasteiger partial charge in [-0.1, -0.05) is 117 Å². The molecule has 1 aliphatic heterocycles. The van der Waals surface area contributed by atoms with Gasteiger partial charge < -0.3 is 4.74 Å². The van der Waals surface area contributed by atoms with Gasteiger partial charge in [0.2, 0.25) is 11.8 Å². The largest absolute Gasteiger partial charge is 0.457 e. The summed E-state index contributed by atoms with van der Waals surface area (Å²) in [6.45, 7) is 0. The third-order valence-corrected chi connectivity index (χ3v) is 11.4. The molecule has 2 atom stereocenters. The lowest BCUT2D eigenvalue weighted by atomic mass is 9.54. The van der Waals surface area contributed by atoms with Crippen molar-refractivity contribution in [3.8, 4) is 11.5 Å². The molecular weight excluding hydrogens is 630 g/mol. The highest BCUT2D eigenvalue weighted by Crippen LogP contribution is 2.70. The van der Waals surface area contributed by atoms with Crippen molar-refractivity contribution in [3.05, 3.63) is 138 Å². The number of rotatable bonds is 3. The minimum atomic E-state index is -0.806. The molecule has 1 fully saturated rings. The number of imide groups is 1. The second-order valence-corrected chi connectivity index (χ2v) is 13.1. The van der Waals surface area contributed by atoms with E-state index in [2.05, 4.69) is 56.1 Å². The minimum Gasteiger partial charge on any atom is -0.457 e. The van der Waals surface area contributed by atoms with E-state index in [-0.39, 0.29) is 11.8 Å². The summed E-state index contributed by atoms with van der Waals surface area (Å²) in [6, 6.07) is 37.4. The molecule has 3 aliphatic carbocycles. The SMILES string of the molecule is O=C1C2C(C(=O)N1c1ccc(Oc3cccc4ccccc34)cc1)C1(Br)c3ccccc3C2(Br)c2ccccc21. The number of alkyl halides is 2. The van der Waals surface area contributed by atoms with Crippen LogP contribution < -0.4 is 9.64 Å². The Morgan fingerprint density at radius 3 is 1.60 bits per heavy atom. The lowest BCUT2D eigenvalue weighted by Gasteiger charge is -2.55. The van der Waals surface area contributed by atoms with Crippen molar-refractivity contribution >= 4 is 60.1 Å². The van der Waals surface area contributed by atoms with Crippen molar-refractivity contribution in [2.75, 3.05) is 4.90 Å². The normalized spacial score (nSPS) is 26.0. The molecule has 5 aromatic rings. The Bertz CT molecular complexity index is 1760. The first-order valence-corrected chi connectivity index (χ1v) is 14.7. The maximum absolute atomic E-state index is 14.3. The monoisotopic (exact) mass is 649 g/mol. The first-order chi connectivity index (χ1) is 19.4. The molecule has 4 nitrogen and oxygen atoms in total. The van der Waals surface area contributed by atoms with Crippen molar-refractivity contribution in [1.82, 2.24) is 0 Å². The van der Waals surface area contributed by atoms with E-state index in [0.717, 1.165) is 38.8 Å². The molecule has 1 saturated heterocycles. The highest BCUT2D eigenvalue weighted by Gasteiger charge is 2.72. The fraction of sp³-hybridized carbons (Fsp3) is 0.118. The topological polar surface area (TPSA) is 46.6 Å². The van der Waals surface area contributed by atoms with Crippen LogP contribution in [0.25, 0.3) is 10.8 Å². The Morgan fingerprint density at radius 2 is 1.05 bits per heavy atom. The lowest BCUT2D eigenvalue weighted by Crippen LogP contribution is -2.56. The number of amides is 2. The average molecular weight is 651 g/mol. The summed E-state index contributed by atoms with van der Waals surface area (Å²) in [4.78, 5) is 29.9. The summed E-state index contributed by atoms with van der Waals surface area (Å²) in [5.41, 5.74) is 4.62. The summed E-state index contributed by atoms with van der Waals surface area (Å²) in [5, 5.41) is 2.11. The number of carbonyl (C=O) groups is 2. The molecule has 0 radical (unpaired) electrons. The number of halogens is 2. The van der Waals surface area contributed by atoms with Crippen LogP contribution in [-0.4, -0.2) is 11.8 Å². The van der Waals surface area contributed by atoms with Crippen LogP contribution in [0.2, 0.25) is 0 Å². The van der Waals surface area contributed by atoms with Gasteiger partial charge in [-0.25, -0.2) is 4.90 Å². The molecule has 2 unspecified atom stereocenters. The van der Waals surface area contributed by atoms with E-state index in [1.165, 1.54) is 4.90 Å². The quantitative estimate of drug-likeness (QED) is 0.147. The zero-order chi connectivity index (χ0) is 27.2. The molecule has 6 heteroatoms. The molecule has 9 rings (SSSR count). The highest BCUT2D eigenvalue weighted by molar-refractivity contribution is 9.10. The molecule has 2 amide bonds. The Hall–Kier alpha value is -3.74. The summed E-state index contributed by atoms with van der Waals surface area (Å²) >= 11 is 8.11. The third-order valence-electron chi connectivity index (χ3n) is 8.66. The number of benzene rings is 5. The van der Waals surface area contributed by atoms with Gasteiger partial charge in [0.05, 0.1) is 26.2 Å². The molecule has 0 spiro atoms. The van der Waals surface area contributed by atoms with Crippen LogP contribution >= 0.6 is 31.9 Å². The minimum absolute atomic E-state index is 0.206. The molecule has 2 bridgehead atoms. The number of anilines is 1. The van der Waals surface area contributed by atoms with Crippen LogP contribution in [0.4, 0.5) is 5.69 Å². The molecule has 40 heavy (non-hydrogen) atoms. The van der Waals surface area contributed by atoms with Crippen LogP contribution in [0.3, 0.4) is 0 Å². The standard InChI is InChI=1S/C34H21Br2NO3/c35-33-24-11-3-4-12-25(24)34(36,27-14-6-5-13-26(27)33)30-29(33)31(38)37(32(30)39)21-16-18-22(19-17-21)40-28-15-7-9-20-8-1-2-10-23(20)28/h1-19,29-30H. The van der Waals surface area contributed by atoms with E-state index >= 15 is 0 Å². The lowest BCUT2D eigenvalue weighted by molar-refractivity contribution is -0.122. The van der Waals surface area contributed by atoms with E-state index in [4.69, 9.17) is 4.74 Å². The van der Waals surface area contributed by atoms with Crippen molar-refractivity contribution in [2.24, 2.45) is 11.8 Å². The number of hydrogen-bond acceptors (Lipinski definition) is 3. The Labute approximate surface area is 247 Å². The highest BCUT2D eigenvalue weighted by atomic mass is 79.9. The van der Waals surface area contributed by atoms with Crippen LogP contribution in [0.15, 0.2) is 115 Å². The molecule has 194 valence electrons. The van der Waals surface area contributed by atoms with Gasteiger partial charge in [0.25, 0.3) is 0 Å². The maximum Gasteiger partial charge on any atom is 0.239 e. The molecular formula is C34H21Br2NO3. The smallest absolute Gasteiger partial charge is 0.239 e. The first-order valence-electron chi connectivity index (χ1n) is 13.2. The molecule has 0 saturated carbocycles. The average Bonchev–Trinajstić information content (AvgIpc) is 3.27. The zero-order valence-corrected chi connectivity index (χ0v) is 24.2. The molecule has 5 aromatic carbocycles. The van der Waals surface area contributed by atoms with Gasteiger partial charge in [-0.05, 0) is 58.0 Å². The predicted molar refractivity (Wildman–Crippen MR) is 162 cm³/mol. The summed E-state index contributed by atoms with van der Waals surface area (Å²) in [6.07, 6.45) is 0. The van der Waals surface area contributed by atoms with E-state index in [9.17, 15) is 9.59 Å². The van der Waals surface area contributed by atoms with Gasteiger partial charge in [0, 0.05) is 5.39 Å². The van der Waals surface area contributed by atoms with E-state index in [1.807, 2.05) is 78.9 Å². The molecule has 0 aromatic heterocycles. The third kappa shape index (κ3) is 2.95. The van der Waals surface area contributed by atoms with Crippen LogP contribution in [0.1, 0.15) is 22.3 Å². The number of fused-ring (bicyclic) bond motifs is 1. The number of ether oxygens (including phenoxy) is 1. The maximum atomic E-state index is 14.3. The van der Waals surface area contributed by atoms with Gasteiger partial charge >= 0.3 is 0 Å². The van der Waals surface area contributed by atoms with Crippen molar-refractivity contribution in [2.45, 2.75) is 8.65 Å². The first kappa shape index (κ1) is 24.1. The number of nitrogens with zero attached hydrogens (tertiary/aromatic N) is 1. The summed E-state index contributed by atoms with van der Waals surface area (Å²) in [7, 11) is 0. The number of carbonyl (C=O) groups excluding carboxylic acids is 2. The van der Waals surface area contributed by atoms with E-state index in [1.54, 1.807) is 12.1 Å². The second-order valence-electron chi connectivity index (χ2n) is 10.6. The fourth-order valence-corrected chi connectivity index (χ4v) is 9.30. The molecule has 4 aliphatic rings. The summed E-state index contributed by atoms with van der Waals surface area (Å²) < 4.78 is 4.60. The van der Waals surface area contributed by atoms with Gasteiger partial charge in [0.1, 0.15) is 11.5 Å². The molecule has 0 N–H and O–H groups in total. The second kappa shape index (κ2) is 8.38. The Kier molecular flexibility index (Phi) is 5.05. The summed E-state index contributed by atoms with van der Waals surface area (Å²) in [5.74, 6) is -0.235. The predicted octanol–water partition coefficient (Wildman–Crippen LogP) is 8.04. The van der Waals surface area contributed by atoms with E-state index < -0.39 is 20.5 Å². The fourth-order valence-electron chi connectivity index (χ4n) is 7.00. The van der Waals surface area contributed by atoms with Gasteiger partial charge in [-0.2, -0.15) is 0 Å².